The number of hydrogen-bond acceptors (Lipinski definition) is 4. The van der Waals surface area contributed by atoms with Crippen LogP contribution in [0, 0.1) is 0 Å². The molecular weight excluding hydrogens is 388 g/mol. The Morgan fingerprint density at radius 3 is 2.38 bits per heavy atom. The summed E-state index contributed by atoms with van der Waals surface area (Å²) >= 11 is 0. The van der Waals surface area contributed by atoms with E-state index in [2.05, 4.69) is 10.4 Å². The van der Waals surface area contributed by atoms with Gasteiger partial charge in [-0.15, -0.1) is 0 Å². The van der Waals surface area contributed by atoms with Crippen LogP contribution in [0.2, 0.25) is 0 Å². The first-order chi connectivity index (χ1) is 14.0. The summed E-state index contributed by atoms with van der Waals surface area (Å²) in [6, 6.07) is 16.6. The largest absolute Gasteiger partial charge is 0.352 e. The van der Waals surface area contributed by atoms with E-state index in [1.54, 1.807) is 35.1 Å². The lowest BCUT2D eigenvalue weighted by molar-refractivity contribution is 0.0954. The number of anilines is 1. The number of carbonyl (C=O) groups is 1. The van der Waals surface area contributed by atoms with Crippen molar-refractivity contribution in [1.82, 2.24) is 15.1 Å². The van der Waals surface area contributed by atoms with Gasteiger partial charge in [0.15, 0.2) is 0 Å². The molecule has 0 atom stereocenters. The molecule has 1 aromatic heterocycles. The number of rotatable bonds is 6. The van der Waals surface area contributed by atoms with Crippen molar-refractivity contribution in [2.45, 2.75) is 12.8 Å². The first kappa shape index (κ1) is 19.2. The Hall–Kier alpha value is -3.13. The predicted molar refractivity (Wildman–Crippen MR) is 112 cm³/mol. The maximum atomic E-state index is 12.3. The standard InChI is InChI=1S/C21H22N4O3S/c26-21(18-5-9-20(10-6-18)25-15-2-16-29(25,27)28)22-13-11-17-3-7-19(8-4-17)24-14-1-12-23-24/h1,3-10,12,14H,2,11,13,15-16H2,(H,22,26). The third-order valence-electron chi connectivity index (χ3n) is 4.92. The molecule has 1 saturated heterocycles. The molecule has 8 heteroatoms. The predicted octanol–water partition coefficient (Wildman–Crippen LogP) is 2.38. The minimum Gasteiger partial charge on any atom is -0.352 e. The molecule has 1 fully saturated rings. The molecular formula is C21H22N4O3S. The summed E-state index contributed by atoms with van der Waals surface area (Å²) in [6.45, 7) is 1.01. The molecule has 1 amide bonds. The Morgan fingerprint density at radius 2 is 1.76 bits per heavy atom. The molecule has 0 spiro atoms. The maximum Gasteiger partial charge on any atom is 0.251 e. The second-order valence-electron chi connectivity index (χ2n) is 6.91. The highest BCUT2D eigenvalue weighted by Crippen LogP contribution is 2.24. The summed E-state index contributed by atoms with van der Waals surface area (Å²) in [5.74, 6) is 0.00650. The van der Waals surface area contributed by atoms with Gasteiger partial charge in [0, 0.05) is 31.0 Å². The van der Waals surface area contributed by atoms with Gasteiger partial charge in [-0.25, -0.2) is 13.1 Å². The molecule has 1 aliphatic heterocycles. The summed E-state index contributed by atoms with van der Waals surface area (Å²) in [6.07, 6.45) is 4.97. The van der Waals surface area contributed by atoms with E-state index in [9.17, 15) is 13.2 Å². The van der Waals surface area contributed by atoms with Crippen molar-refractivity contribution >= 4 is 21.6 Å². The molecule has 2 heterocycles. The lowest BCUT2D eigenvalue weighted by Crippen LogP contribution is -2.26. The van der Waals surface area contributed by atoms with Gasteiger partial charge < -0.3 is 5.32 Å². The van der Waals surface area contributed by atoms with Crippen molar-refractivity contribution in [3.05, 3.63) is 78.1 Å². The normalized spacial score (nSPS) is 15.4. The Bertz CT molecular complexity index is 1080. The molecule has 0 radical (unpaired) electrons. The highest BCUT2D eigenvalue weighted by atomic mass is 32.2. The number of carbonyl (C=O) groups excluding carboxylic acids is 1. The van der Waals surface area contributed by atoms with Crippen LogP contribution in [0.3, 0.4) is 0 Å². The zero-order valence-electron chi connectivity index (χ0n) is 15.9. The number of aromatic nitrogens is 2. The molecule has 0 aliphatic carbocycles. The zero-order valence-corrected chi connectivity index (χ0v) is 16.7. The topological polar surface area (TPSA) is 84.3 Å². The van der Waals surface area contributed by atoms with E-state index in [0.717, 1.165) is 17.7 Å². The van der Waals surface area contributed by atoms with Crippen molar-refractivity contribution in [2.75, 3.05) is 23.1 Å². The van der Waals surface area contributed by atoms with Gasteiger partial charge in [-0.05, 0) is 60.9 Å². The quantitative estimate of drug-likeness (QED) is 0.676. The summed E-state index contributed by atoms with van der Waals surface area (Å²) in [5, 5.41) is 7.10. The fourth-order valence-corrected chi connectivity index (χ4v) is 4.93. The fraction of sp³-hybridized carbons (Fsp3) is 0.238. The zero-order chi connectivity index (χ0) is 20.3. The van der Waals surface area contributed by atoms with Gasteiger partial charge in [0.25, 0.3) is 5.91 Å². The SMILES string of the molecule is O=C(NCCc1ccc(-n2cccn2)cc1)c1ccc(N2CCCS2(=O)=O)cc1. The minimum absolute atomic E-state index is 0.172. The van der Waals surface area contributed by atoms with Crippen molar-refractivity contribution in [3.63, 3.8) is 0 Å². The van der Waals surface area contributed by atoms with Gasteiger partial charge in [-0.1, -0.05) is 12.1 Å². The Labute approximate surface area is 170 Å². The van der Waals surface area contributed by atoms with Gasteiger partial charge in [0.05, 0.1) is 17.1 Å². The fourth-order valence-electron chi connectivity index (χ4n) is 3.37. The minimum atomic E-state index is -3.21. The summed E-state index contributed by atoms with van der Waals surface area (Å²) in [5.41, 5.74) is 3.23. The Morgan fingerprint density at radius 1 is 1.03 bits per heavy atom. The molecule has 0 unspecified atom stereocenters. The third-order valence-corrected chi connectivity index (χ3v) is 6.79. The maximum absolute atomic E-state index is 12.3. The number of nitrogens with one attached hydrogen (secondary N) is 1. The molecule has 29 heavy (non-hydrogen) atoms. The van der Waals surface area contributed by atoms with E-state index in [4.69, 9.17) is 0 Å². The van der Waals surface area contributed by atoms with Crippen molar-refractivity contribution in [1.29, 1.82) is 0 Å². The molecule has 4 rings (SSSR count). The lowest BCUT2D eigenvalue weighted by atomic mass is 10.1. The van der Waals surface area contributed by atoms with E-state index < -0.39 is 10.0 Å². The first-order valence-electron chi connectivity index (χ1n) is 9.51. The van der Waals surface area contributed by atoms with E-state index in [0.29, 0.717) is 30.8 Å². The van der Waals surface area contributed by atoms with Crippen molar-refractivity contribution in [2.24, 2.45) is 0 Å². The van der Waals surface area contributed by atoms with Crippen LogP contribution in [0.25, 0.3) is 5.69 Å². The molecule has 2 aromatic carbocycles. The second-order valence-corrected chi connectivity index (χ2v) is 8.92. The number of amides is 1. The molecule has 0 saturated carbocycles. The van der Waals surface area contributed by atoms with Crippen LogP contribution in [-0.4, -0.2) is 42.9 Å². The number of benzene rings is 2. The molecule has 1 aliphatic rings. The summed E-state index contributed by atoms with van der Waals surface area (Å²) in [4.78, 5) is 12.3. The van der Waals surface area contributed by atoms with Crippen molar-refractivity contribution in [3.8, 4) is 5.69 Å². The van der Waals surface area contributed by atoms with Gasteiger partial charge >= 0.3 is 0 Å². The van der Waals surface area contributed by atoms with E-state index in [1.807, 2.05) is 36.5 Å². The van der Waals surface area contributed by atoms with E-state index in [1.165, 1.54) is 4.31 Å². The molecule has 3 aromatic rings. The Balaban J connectivity index is 1.30. The molecule has 1 N–H and O–H groups in total. The first-order valence-corrected chi connectivity index (χ1v) is 11.1. The number of sulfonamides is 1. The van der Waals surface area contributed by atoms with Crippen LogP contribution < -0.4 is 9.62 Å². The van der Waals surface area contributed by atoms with Crippen LogP contribution in [0.15, 0.2) is 67.0 Å². The number of hydrogen-bond donors (Lipinski definition) is 1. The highest BCUT2D eigenvalue weighted by Gasteiger charge is 2.28. The van der Waals surface area contributed by atoms with Gasteiger partial charge in [0.2, 0.25) is 10.0 Å². The average molecular weight is 410 g/mol. The van der Waals surface area contributed by atoms with Gasteiger partial charge in [-0.3, -0.25) is 9.10 Å². The van der Waals surface area contributed by atoms with E-state index in [-0.39, 0.29) is 11.7 Å². The lowest BCUT2D eigenvalue weighted by Gasteiger charge is -2.17. The molecule has 7 nitrogen and oxygen atoms in total. The van der Waals surface area contributed by atoms with Gasteiger partial charge in [-0.2, -0.15) is 5.10 Å². The monoisotopic (exact) mass is 410 g/mol. The summed E-state index contributed by atoms with van der Waals surface area (Å²) < 4.78 is 27.2. The third kappa shape index (κ3) is 4.32. The van der Waals surface area contributed by atoms with Crippen LogP contribution in [0.4, 0.5) is 5.69 Å². The van der Waals surface area contributed by atoms with E-state index >= 15 is 0 Å². The van der Waals surface area contributed by atoms with Gasteiger partial charge in [0.1, 0.15) is 0 Å². The summed E-state index contributed by atoms with van der Waals surface area (Å²) in [7, 11) is -3.21. The molecule has 150 valence electrons. The molecule has 0 bridgehead atoms. The second kappa shape index (κ2) is 8.08. The number of nitrogens with zero attached hydrogens (tertiary/aromatic N) is 3. The Kier molecular flexibility index (Phi) is 5.35. The smallest absolute Gasteiger partial charge is 0.251 e. The van der Waals surface area contributed by atoms with Crippen LogP contribution in [0.5, 0.6) is 0 Å². The van der Waals surface area contributed by atoms with Crippen LogP contribution >= 0.6 is 0 Å². The average Bonchev–Trinajstić information content (AvgIpc) is 3.38. The van der Waals surface area contributed by atoms with Crippen molar-refractivity contribution < 1.29 is 13.2 Å². The van der Waals surface area contributed by atoms with Crippen LogP contribution in [0.1, 0.15) is 22.3 Å². The van der Waals surface area contributed by atoms with Crippen LogP contribution in [-0.2, 0) is 16.4 Å². The highest BCUT2D eigenvalue weighted by molar-refractivity contribution is 7.93.